The number of benzene rings is 3. The molecule has 0 radical (unpaired) electrons. The SMILES string of the molecule is CC(C)(C)N1Cc2ccccc2[Si]1(c1ccccc1)c1ccccc1. The van der Waals surface area contributed by atoms with Gasteiger partial charge in [0.25, 0.3) is 0 Å². The van der Waals surface area contributed by atoms with E-state index in [2.05, 4.69) is 110 Å². The average molecular weight is 344 g/mol. The topological polar surface area (TPSA) is 3.24 Å². The van der Waals surface area contributed by atoms with Crippen LogP contribution in [-0.4, -0.2) is 18.3 Å². The highest BCUT2D eigenvalue weighted by Gasteiger charge is 2.53. The van der Waals surface area contributed by atoms with Crippen LogP contribution < -0.4 is 15.6 Å². The summed E-state index contributed by atoms with van der Waals surface area (Å²) in [5.74, 6) is 0. The van der Waals surface area contributed by atoms with Crippen molar-refractivity contribution < 1.29 is 0 Å². The van der Waals surface area contributed by atoms with Crippen LogP contribution in [0.5, 0.6) is 0 Å². The Kier molecular flexibility index (Phi) is 3.90. The summed E-state index contributed by atoms with van der Waals surface area (Å²) in [5.41, 5.74) is 1.58. The van der Waals surface area contributed by atoms with Crippen molar-refractivity contribution >= 4 is 23.8 Å². The smallest absolute Gasteiger partial charge is 0.225 e. The van der Waals surface area contributed by atoms with E-state index in [1.54, 1.807) is 5.19 Å². The summed E-state index contributed by atoms with van der Waals surface area (Å²) in [7, 11) is -2.24. The Morgan fingerprint density at radius 3 is 1.68 bits per heavy atom. The normalized spacial score (nSPS) is 16.6. The van der Waals surface area contributed by atoms with Crippen molar-refractivity contribution in [2.45, 2.75) is 32.9 Å². The van der Waals surface area contributed by atoms with Crippen molar-refractivity contribution in [1.29, 1.82) is 0 Å². The maximum atomic E-state index is 2.79. The summed E-state index contributed by atoms with van der Waals surface area (Å²) >= 11 is 0. The van der Waals surface area contributed by atoms with Crippen LogP contribution in [0.1, 0.15) is 26.3 Å². The van der Waals surface area contributed by atoms with Gasteiger partial charge in [0, 0.05) is 12.1 Å². The largest absolute Gasteiger partial charge is 0.304 e. The molecule has 0 unspecified atom stereocenters. The first-order valence-electron chi connectivity index (χ1n) is 9.02. The van der Waals surface area contributed by atoms with Gasteiger partial charge in [-0.15, -0.1) is 0 Å². The minimum atomic E-state index is -2.24. The molecule has 2 heteroatoms. The lowest BCUT2D eigenvalue weighted by molar-refractivity contribution is 0.247. The number of hydrogen-bond acceptors (Lipinski definition) is 1. The molecule has 0 aliphatic carbocycles. The molecule has 1 heterocycles. The summed E-state index contributed by atoms with van der Waals surface area (Å²) in [6.45, 7) is 8.08. The molecule has 0 amide bonds. The Morgan fingerprint density at radius 1 is 0.680 bits per heavy atom. The summed E-state index contributed by atoms with van der Waals surface area (Å²) in [5, 5.41) is 4.49. The van der Waals surface area contributed by atoms with Crippen molar-refractivity contribution in [3.63, 3.8) is 0 Å². The summed E-state index contributed by atoms with van der Waals surface area (Å²) in [6, 6.07) is 31.4. The van der Waals surface area contributed by atoms with Crippen molar-refractivity contribution in [1.82, 2.24) is 4.57 Å². The third-order valence-corrected chi connectivity index (χ3v) is 10.6. The van der Waals surface area contributed by atoms with Gasteiger partial charge in [-0.25, -0.2) is 0 Å². The number of rotatable bonds is 2. The second kappa shape index (κ2) is 5.97. The number of nitrogens with zero attached hydrogens (tertiary/aromatic N) is 1. The van der Waals surface area contributed by atoms with E-state index in [0.717, 1.165) is 6.54 Å². The maximum Gasteiger partial charge on any atom is 0.225 e. The zero-order valence-corrected chi connectivity index (χ0v) is 16.2. The first-order chi connectivity index (χ1) is 12.0. The Labute approximate surface area is 152 Å². The molecule has 126 valence electrons. The second-order valence-corrected chi connectivity index (χ2v) is 11.5. The van der Waals surface area contributed by atoms with Crippen LogP contribution in [0.25, 0.3) is 0 Å². The summed E-state index contributed by atoms with van der Waals surface area (Å²) in [6.07, 6.45) is 0. The molecule has 1 aliphatic heterocycles. The van der Waals surface area contributed by atoms with E-state index in [4.69, 9.17) is 0 Å². The monoisotopic (exact) mass is 343 g/mol. The van der Waals surface area contributed by atoms with Crippen LogP contribution in [0.2, 0.25) is 0 Å². The van der Waals surface area contributed by atoms with Crippen molar-refractivity contribution in [2.24, 2.45) is 0 Å². The van der Waals surface area contributed by atoms with Gasteiger partial charge in [-0.3, -0.25) is 0 Å². The molecule has 0 spiro atoms. The molecule has 0 aromatic heterocycles. The first kappa shape index (κ1) is 16.3. The predicted molar refractivity (Wildman–Crippen MR) is 109 cm³/mol. The van der Waals surface area contributed by atoms with Crippen molar-refractivity contribution in [2.75, 3.05) is 0 Å². The molecule has 25 heavy (non-hydrogen) atoms. The molecule has 0 N–H and O–H groups in total. The quantitative estimate of drug-likeness (QED) is 0.646. The highest BCUT2D eigenvalue weighted by Crippen LogP contribution is 2.31. The van der Waals surface area contributed by atoms with Crippen LogP contribution in [0.3, 0.4) is 0 Å². The zero-order valence-electron chi connectivity index (χ0n) is 15.2. The molecular weight excluding hydrogens is 318 g/mol. The number of hydrogen-bond donors (Lipinski definition) is 0. The van der Waals surface area contributed by atoms with E-state index in [1.165, 1.54) is 15.9 Å². The van der Waals surface area contributed by atoms with Gasteiger partial charge in [0.2, 0.25) is 8.24 Å². The van der Waals surface area contributed by atoms with Gasteiger partial charge in [-0.2, -0.15) is 0 Å². The molecule has 0 fully saturated rings. The minimum absolute atomic E-state index is 0.0942. The van der Waals surface area contributed by atoms with E-state index < -0.39 is 8.24 Å². The lowest BCUT2D eigenvalue weighted by Gasteiger charge is -2.46. The summed E-state index contributed by atoms with van der Waals surface area (Å²) < 4.78 is 2.79. The van der Waals surface area contributed by atoms with Gasteiger partial charge >= 0.3 is 0 Å². The molecule has 1 aliphatic rings. The first-order valence-corrected chi connectivity index (χ1v) is 11.0. The second-order valence-electron chi connectivity index (χ2n) is 7.86. The van der Waals surface area contributed by atoms with Crippen LogP contribution in [0, 0.1) is 0 Å². The van der Waals surface area contributed by atoms with E-state index in [1.807, 2.05) is 0 Å². The van der Waals surface area contributed by atoms with Gasteiger partial charge < -0.3 is 4.57 Å². The van der Waals surface area contributed by atoms with Crippen LogP contribution in [-0.2, 0) is 6.54 Å². The van der Waals surface area contributed by atoms with E-state index >= 15 is 0 Å². The number of fused-ring (bicyclic) bond motifs is 1. The highest BCUT2D eigenvalue weighted by atomic mass is 28.3. The Balaban J connectivity index is 2.11. The van der Waals surface area contributed by atoms with E-state index in [0.29, 0.717) is 0 Å². The van der Waals surface area contributed by atoms with Crippen molar-refractivity contribution in [3.05, 3.63) is 90.5 Å². The van der Waals surface area contributed by atoms with Crippen LogP contribution in [0.15, 0.2) is 84.9 Å². The molecule has 1 nitrogen and oxygen atoms in total. The average Bonchev–Trinajstić information content (AvgIpc) is 3.00. The van der Waals surface area contributed by atoms with Gasteiger partial charge in [-0.05, 0) is 41.9 Å². The Hall–Kier alpha value is -2.16. The van der Waals surface area contributed by atoms with Gasteiger partial charge in [0.15, 0.2) is 0 Å². The van der Waals surface area contributed by atoms with E-state index in [9.17, 15) is 0 Å². The third kappa shape index (κ3) is 2.48. The Bertz CT molecular complexity index is 826. The van der Waals surface area contributed by atoms with Gasteiger partial charge in [0.05, 0.1) is 0 Å². The molecule has 0 saturated carbocycles. The third-order valence-electron chi connectivity index (χ3n) is 5.33. The molecular formula is C23H25NSi. The molecule has 3 aromatic carbocycles. The Morgan fingerprint density at radius 2 is 1.16 bits per heavy atom. The molecule has 0 saturated heterocycles. The van der Waals surface area contributed by atoms with Gasteiger partial charge in [-0.1, -0.05) is 84.9 Å². The molecule has 4 rings (SSSR count). The van der Waals surface area contributed by atoms with Crippen LogP contribution in [0.4, 0.5) is 0 Å². The van der Waals surface area contributed by atoms with Crippen LogP contribution >= 0.6 is 0 Å². The highest BCUT2D eigenvalue weighted by molar-refractivity contribution is 7.10. The fourth-order valence-corrected chi connectivity index (χ4v) is 9.93. The van der Waals surface area contributed by atoms with Crippen molar-refractivity contribution in [3.8, 4) is 0 Å². The predicted octanol–water partition coefficient (Wildman–Crippen LogP) is 3.27. The van der Waals surface area contributed by atoms with Gasteiger partial charge in [0.1, 0.15) is 0 Å². The molecule has 0 atom stereocenters. The minimum Gasteiger partial charge on any atom is -0.304 e. The van der Waals surface area contributed by atoms with E-state index in [-0.39, 0.29) is 5.54 Å². The maximum absolute atomic E-state index is 2.79. The standard InChI is InChI=1S/C23H25NSi/c1-23(2,3)24-18-19-12-10-11-17-22(19)25(24,20-13-6-4-7-14-20)21-15-8-5-9-16-21/h4-17H,18H2,1-3H3. The molecule has 3 aromatic rings. The zero-order chi connectivity index (χ0) is 17.5. The fraction of sp³-hybridized carbons (Fsp3) is 0.217. The molecule has 0 bridgehead atoms. The summed E-state index contributed by atoms with van der Waals surface area (Å²) in [4.78, 5) is 0. The lowest BCUT2D eigenvalue weighted by Crippen LogP contribution is -2.76. The lowest BCUT2D eigenvalue weighted by atomic mass is 10.1. The fourth-order valence-electron chi connectivity index (χ4n) is 4.33.